The lowest BCUT2D eigenvalue weighted by Crippen LogP contribution is -2.35. The predicted molar refractivity (Wildman–Crippen MR) is 72.3 cm³/mol. The molecule has 1 heterocycles. The van der Waals surface area contributed by atoms with Gasteiger partial charge in [0.2, 0.25) is 0 Å². The summed E-state index contributed by atoms with van der Waals surface area (Å²) in [5, 5.41) is 3.99. The molecule has 2 aromatic rings. The third-order valence-corrected chi connectivity index (χ3v) is 2.92. The summed E-state index contributed by atoms with van der Waals surface area (Å²) in [7, 11) is 1.79. The average molecular weight is 283 g/mol. The Hall–Kier alpha value is -1.92. The summed E-state index contributed by atoms with van der Waals surface area (Å²) in [5.74, 6) is -0.105. The Balaban J connectivity index is 2.06. The number of aromatic nitrogens is 2. The minimum Gasteiger partial charge on any atom is -0.496 e. The summed E-state index contributed by atoms with van der Waals surface area (Å²) >= 11 is 0. The van der Waals surface area contributed by atoms with Gasteiger partial charge in [0.05, 0.1) is 18.6 Å². The smallest absolute Gasteiger partial charge is 0.496 e. The van der Waals surface area contributed by atoms with Gasteiger partial charge >= 0.3 is 6.98 Å². The molecule has 0 N–H and O–H groups in total. The summed E-state index contributed by atoms with van der Waals surface area (Å²) in [5.41, 5.74) is 0.827. The van der Waals surface area contributed by atoms with Crippen LogP contribution in [-0.4, -0.2) is 23.4 Å². The van der Waals surface area contributed by atoms with Gasteiger partial charge in [-0.3, -0.25) is 4.68 Å². The fourth-order valence-electron chi connectivity index (χ4n) is 1.93. The molecule has 0 unspecified atom stereocenters. The Kier molecular flexibility index (Phi) is 4.06. The maximum Gasteiger partial charge on any atom is 0.513 e. The van der Waals surface area contributed by atoms with E-state index in [4.69, 9.17) is 4.74 Å². The highest BCUT2D eigenvalue weighted by atomic mass is 19.4. The van der Waals surface area contributed by atoms with Gasteiger partial charge in [-0.2, -0.15) is 5.10 Å². The van der Waals surface area contributed by atoms with Gasteiger partial charge in [0.15, 0.2) is 0 Å². The van der Waals surface area contributed by atoms with E-state index in [9.17, 15) is 12.9 Å². The van der Waals surface area contributed by atoms with E-state index in [2.05, 4.69) is 5.10 Å². The highest BCUT2D eigenvalue weighted by Gasteiger charge is 2.29. The molecule has 0 fully saturated rings. The standard InChI is InChI=1S/C13H15BF3N2O/c1-10-3-4-13(12(7-10)14(15,16)17)20-6-5-11-8-18-19(2)9-11/h3-4,7-9H,5-6H2,1-2H3/q-1. The fourth-order valence-corrected chi connectivity index (χ4v) is 1.93. The van der Waals surface area contributed by atoms with Crippen LogP contribution in [0.1, 0.15) is 11.1 Å². The summed E-state index contributed by atoms with van der Waals surface area (Å²) in [4.78, 5) is 0. The zero-order valence-electron chi connectivity index (χ0n) is 11.3. The Morgan fingerprint density at radius 3 is 2.65 bits per heavy atom. The third-order valence-electron chi connectivity index (χ3n) is 2.92. The van der Waals surface area contributed by atoms with Crippen LogP contribution in [-0.2, 0) is 13.5 Å². The number of hydrogen-bond donors (Lipinski definition) is 0. The summed E-state index contributed by atoms with van der Waals surface area (Å²) in [6, 6.07) is 4.12. The molecule has 0 aliphatic heterocycles. The van der Waals surface area contributed by atoms with Crippen LogP contribution in [0.3, 0.4) is 0 Å². The van der Waals surface area contributed by atoms with E-state index in [0.29, 0.717) is 12.0 Å². The molecule has 0 radical (unpaired) electrons. The van der Waals surface area contributed by atoms with Crippen molar-refractivity contribution in [2.75, 3.05) is 6.61 Å². The first kappa shape index (κ1) is 14.5. The number of rotatable bonds is 5. The van der Waals surface area contributed by atoms with Crippen LogP contribution in [0.5, 0.6) is 5.75 Å². The van der Waals surface area contributed by atoms with E-state index in [1.807, 2.05) is 6.20 Å². The largest absolute Gasteiger partial charge is 0.513 e. The monoisotopic (exact) mass is 283 g/mol. The molecule has 0 saturated heterocycles. The van der Waals surface area contributed by atoms with Gasteiger partial charge in [-0.15, -0.1) is 0 Å². The Bertz CT molecular complexity index is 596. The second kappa shape index (κ2) is 5.60. The number of hydrogen-bond acceptors (Lipinski definition) is 2. The minimum atomic E-state index is -5.07. The predicted octanol–water partition coefficient (Wildman–Crippen LogP) is 2.40. The lowest BCUT2D eigenvalue weighted by Gasteiger charge is -2.20. The van der Waals surface area contributed by atoms with Crippen molar-refractivity contribution >= 4 is 12.4 Å². The van der Waals surface area contributed by atoms with E-state index >= 15 is 0 Å². The topological polar surface area (TPSA) is 27.1 Å². The van der Waals surface area contributed by atoms with Crippen molar-refractivity contribution in [1.82, 2.24) is 9.78 Å². The molecule has 0 saturated carbocycles. The molecule has 2 rings (SSSR count). The van der Waals surface area contributed by atoms with E-state index in [1.165, 1.54) is 6.07 Å². The third kappa shape index (κ3) is 3.56. The number of nitrogens with zero attached hydrogens (tertiary/aromatic N) is 2. The highest BCUT2D eigenvalue weighted by Crippen LogP contribution is 2.19. The van der Waals surface area contributed by atoms with Gasteiger partial charge in [0.1, 0.15) is 0 Å². The molecule has 108 valence electrons. The van der Waals surface area contributed by atoms with Crippen LogP contribution in [0.25, 0.3) is 0 Å². The van der Waals surface area contributed by atoms with Gasteiger partial charge in [-0.1, -0.05) is 23.2 Å². The molecule has 0 bridgehead atoms. The Labute approximate surface area is 115 Å². The van der Waals surface area contributed by atoms with E-state index in [-0.39, 0.29) is 12.4 Å². The van der Waals surface area contributed by atoms with Gasteiger partial charge in [0, 0.05) is 19.7 Å². The number of aryl methyl sites for hydroxylation is 2. The summed E-state index contributed by atoms with van der Waals surface area (Å²) in [6.07, 6.45) is 4.01. The first-order valence-electron chi connectivity index (χ1n) is 6.27. The van der Waals surface area contributed by atoms with Crippen LogP contribution in [0.15, 0.2) is 30.6 Å². The second-order valence-corrected chi connectivity index (χ2v) is 4.74. The maximum atomic E-state index is 13.0. The lowest BCUT2D eigenvalue weighted by molar-refractivity contribution is 0.322. The van der Waals surface area contributed by atoms with Crippen LogP contribution in [0.4, 0.5) is 12.9 Å². The molecule has 7 heteroatoms. The van der Waals surface area contributed by atoms with Crippen LogP contribution in [0, 0.1) is 6.92 Å². The minimum absolute atomic E-state index is 0.105. The van der Waals surface area contributed by atoms with E-state index in [1.54, 1.807) is 30.9 Å². The molecule has 0 aliphatic rings. The van der Waals surface area contributed by atoms with Crippen molar-refractivity contribution in [2.24, 2.45) is 7.05 Å². The van der Waals surface area contributed by atoms with Gasteiger partial charge in [-0.05, 0) is 18.6 Å². The van der Waals surface area contributed by atoms with Gasteiger partial charge < -0.3 is 17.7 Å². The van der Waals surface area contributed by atoms with Gasteiger partial charge in [0.25, 0.3) is 0 Å². The lowest BCUT2D eigenvalue weighted by atomic mass is 9.78. The fraction of sp³-hybridized carbons (Fsp3) is 0.308. The van der Waals surface area contributed by atoms with Crippen LogP contribution < -0.4 is 10.2 Å². The Morgan fingerprint density at radius 1 is 1.30 bits per heavy atom. The first-order chi connectivity index (χ1) is 9.36. The van der Waals surface area contributed by atoms with E-state index in [0.717, 1.165) is 11.6 Å². The van der Waals surface area contributed by atoms with Crippen molar-refractivity contribution in [3.05, 3.63) is 41.7 Å². The normalized spacial score (nSPS) is 11.7. The molecule has 0 spiro atoms. The van der Waals surface area contributed by atoms with Crippen molar-refractivity contribution in [1.29, 1.82) is 0 Å². The zero-order chi connectivity index (χ0) is 14.8. The summed E-state index contributed by atoms with van der Waals surface area (Å²) < 4.78 is 45.8. The second-order valence-electron chi connectivity index (χ2n) is 4.74. The molecule has 1 aromatic carbocycles. The quantitative estimate of drug-likeness (QED) is 0.788. The first-order valence-corrected chi connectivity index (χ1v) is 6.27. The van der Waals surface area contributed by atoms with E-state index < -0.39 is 12.4 Å². The van der Waals surface area contributed by atoms with Crippen LogP contribution in [0.2, 0.25) is 0 Å². The Morgan fingerprint density at radius 2 is 2.05 bits per heavy atom. The molecule has 0 aliphatic carbocycles. The van der Waals surface area contributed by atoms with Crippen molar-refractivity contribution in [3.8, 4) is 5.75 Å². The van der Waals surface area contributed by atoms with Crippen LogP contribution >= 0.6 is 0 Å². The molecule has 0 atom stereocenters. The zero-order valence-corrected chi connectivity index (χ0v) is 11.3. The molecule has 20 heavy (non-hydrogen) atoms. The van der Waals surface area contributed by atoms with Crippen molar-refractivity contribution < 1.29 is 17.7 Å². The van der Waals surface area contributed by atoms with Crippen molar-refractivity contribution in [2.45, 2.75) is 13.3 Å². The molecule has 0 amide bonds. The number of benzene rings is 1. The maximum absolute atomic E-state index is 13.0. The summed E-state index contributed by atoms with van der Waals surface area (Å²) in [6.45, 7) is -3.25. The average Bonchev–Trinajstić information content (AvgIpc) is 2.76. The molecule has 1 aromatic heterocycles. The molecular formula is C13H15BF3N2O-. The highest BCUT2D eigenvalue weighted by molar-refractivity contribution is 6.74. The van der Waals surface area contributed by atoms with Gasteiger partial charge in [-0.25, -0.2) is 0 Å². The van der Waals surface area contributed by atoms with Crippen molar-refractivity contribution in [3.63, 3.8) is 0 Å². The molecular weight excluding hydrogens is 268 g/mol. The number of halogens is 3. The SMILES string of the molecule is Cc1ccc(OCCc2cnn(C)c2)c([B-](F)(F)F)c1. The molecule has 3 nitrogen and oxygen atoms in total. The number of ether oxygens (including phenoxy) is 1.